The molecule has 0 spiro atoms. The lowest BCUT2D eigenvalue weighted by atomic mass is 9.79. The van der Waals surface area contributed by atoms with Crippen molar-refractivity contribution in [3.05, 3.63) is 65.0 Å². The van der Waals surface area contributed by atoms with Crippen LogP contribution >= 0.6 is 0 Å². The van der Waals surface area contributed by atoms with Crippen LogP contribution in [0.15, 0.2) is 42.6 Å². The second kappa shape index (κ2) is 11.2. The number of hydrogen-bond donors (Lipinski definition) is 4. The van der Waals surface area contributed by atoms with Crippen LogP contribution in [0.4, 0.5) is 13.2 Å². The first-order chi connectivity index (χ1) is 18.2. The highest BCUT2D eigenvalue weighted by Gasteiger charge is 2.39. The van der Waals surface area contributed by atoms with Crippen LogP contribution in [0.2, 0.25) is 0 Å². The Labute approximate surface area is 225 Å². The predicted octanol–water partition coefficient (Wildman–Crippen LogP) is 3.08. The Balaban J connectivity index is 1.22. The highest BCUT2D eigenvalue weighted by molar-refractivity contribution is 5.96. The van der Waals surface area contributed by atoms with Gasteiger partial charge in [-0.1, -0.05) is 12.1 Å². The molecule has 2 aromatic rings. The van der Waals surface area contributed by atoms with Crippen molar-refractivity contribution in [1.82, 2.24) is 20.5 Å². The van der Waals surface area contributed by atoms with E-state index in [1.807, 2.05) is 0 Å². The second-order valence-electron chi connectivity index (χ2n) is 11.1. The van der Waals surface area contributed by atoms with Crippen LogP contribution in [0, 0.1) is 0 Å². The van der Waals surface area contributed by atoms with Gasteiger partial charge >= 0.3 is 6.18 Å². The number of halogens is 3. The molecule has 0 bridgehead atoms. The molecule has 1 aromatic carbocycles. The van der Waals surface area contributed by atoms with E-state index in [9.17, 15) is 33.0 Å². The average Bonchev–Trinajstić information content (AvgIpc) is 3.35. The van der Waals surface area contributed by atoms with E-state index in [-0.39, 0.29) is 24.2 Å². The fourth-order valence-corrected chi connectivity index (χ4v) is 5.35. The number of benzene rings is 1. The van der Waals surface area contributed by atoms with Crippen molar-refractivity contribution in [3.63, 3.8) is 0 Å². The van der Waals surface area contributed by atoms with Gasteiger partial charge in [-0.3, -0.25) is 19.5 Å². The number of rotatable bonds is 7. The zero-order valence-corrected chi connectivity index (χ0v) is 22.1. The molecule has 2 heterocycles. The third kappa shape index (κ3) is 7.14. The smallest absolute Gasteiger partial charge is 0.386 e. The Morgan fingerprint density at radius 1 is 1.10 bits per heavy atom. The van der Waals surface area contributed by atoms with Crippen LogP contribution in [0.5, 0.6) is 0 Å². The van der Waals surface area contributed by atoms with Gasteiger partial charge in [0.1, 0.15) is 5.60 Å². The van der Waals surface area contributed by atoms with E-state index in [2.05, 4.69) is 20.5 Å². The molecular formula is C28H35F3N4O4. The molecule has 1 aliphatic carbocycles. The van der Waals surface area contributed by atoms with Crippen molar-refractivity contribution >= 4 is 11.8 Å². The van der Waals surface area contributed by atoms with Gasteiger partial charge in [-0.05, 0) is 70.2 Å². The maximum atomic E-state index is 12.9. The molecule has 11 heteroatoms. The Kier molecular flexibility index (Phi) is 8.34. The van der Waals surface area contributed by atoms with Crippen LogP contribution in [-0.4, -0.2) is 63.6 Å². The van der Waals surface area contributed by atoms with Crippen molar-refractivity contribution in [2.24, 2.45) is 0 Å². The molecule has 4 rings (SSSR count). The fraction of sp³-hybridized carbons (Fsp3) is 0.536. The van der Waals surface area contributed by atoms with Crippen LogP contribution in [-0.2, 0) is 22.2 Å². The topological polar surface area (TPSA) is 115 Å². The zero-order chi connectivity index (χ0) is 28.4. The number of nitrogens with zero attached hydrogens (tertiary/aromatic N) is 2. The predicted molar refractivity (Wildman–Crippen MR) is 138 cm³/mol. The molecule has 2 aliphatic rings. The van der Waals surface area contributed by atoms with Gasteiger partial charge < -0.3 is 20.8 Å². The summed E-state index contributed by atoms with van der Waals surface area (Å²) >= 11 is 0. The minimum Gasteiger partial charge on any atom is -0.386 e. The molecule has 0 unspecified atom stereocenters. The second-order valence-corrected chi connectivity index (χ2v) is 11.1. The van der Waals surface area contributed by atoms with Gasteiger partial charge in [0, 0.05) is 42.5 Å². The minimum atomic E-state index is -4.56. The summed E-state index contributed by atoms with van der Waals surface area (Å²) in [6.45, 7) is 4.48. The number of pyridine rings is 1. The standard InChI is InChI=1S/C28H35F3N4O4/c1-26(2,38)20-6-7-23(32-15-20)27(39)11-8-22(9-12-27)35-13-10-21(17-35)34-24(36)16-33-25(37)18-4-3-5-19(14-18)28(29,30)31/h3-7,14-15,21-22,38-39H,8-13,16-17H2,1-2H3,(H,33,37)(H,34,36)/t21-,22?,27?/m1/s1. The molecular weight excluding hydrogens is 513 g/mol. The number of nitrogens with one attached hydrogen (secondary N) is 2. The van der Waals surface area contributed by atoms with E-state index in [4.69, 9.17) is 0 Å². The normalized spacial score (nSPS) is 24.4. The van der Waals surface area contributed by atoms with Gasteiger partial charge in [0.2, 0.25) is 5.91 Å². The van der Waals surface area contributed by atoms with Gasteiger partial charge in [0.25, 0.3) is 5.91 Å². The number of amides is 2. The van der Waals surface area contributed by atoms with Gasteiger partial charge in [0.05, 0.1) is 23.4 Å². The number of hydrogen-bond acceptors (Lipinski definition) is 6. The largest absolute Gasteiger partial charge is 0.416 e. The maximum absolute atomic E-state index is 12.9. The van der Waals surface area contributed by atoms with E-state index < -0.39 is 34.8 Å². The van der Waals surface area contributed by atoms with Crippen molar-refractivity contribution in [3.8, 4) is 0 Å². The van der Waals surface area contributed by atoms with Crippen molar-refractivity contribution in [2.75, 3.05) is 19.6 Å². The highest BCUT2D eigenvalue weighted by atomic mass is 19.4. The number of alkyl halides is 3. The summed E-state index contributed by atoms with van der Waals surface area (Å²) in [5.41, 5.74) is -1.81. The minimum absolute atomic E-state index is 0.0974. The summed E-state index contributed by atoms with van der Waals surface area (Å²) < 4.78 is 38.6. The summed E-state index contributed by atoms with van der Waals surface area (Å²) in [4.78, 5) is 31.4. The van der Waals surface area contributed by atoms with Crippen LogP contribution < -0.4 is 10.6 Å². The fourth-order valence-electron chi connectivity index (χ4n) is 5.35. The molecule has 1 saturated carbocycles. The zero-order valence-electron chi connectivity index (χ0n) is 22.1. The number of carbonyl (C=O) groups excluding carboxylic acids is 2. The first kappa shape index (κ1) is 29.0. The van der Waals surface area contributed by atoms with E-state index in [0.29, 0.717) is 30.6 Å². The van der Waals surface area contributed by atoms with Gasteiger partial charge in [-0.25, -0.2) is 0 Å². The van der Waals surface area contributed by atoms with E-state index in [1.165, 1.54) is 6.07 Å². The molecule has 1 aromatic heterocycles. The summed E-state index contributed by atoms with van der Waals surface area (Å²) in [6.07, 6.45) is 0.462. The Hall–Kier alpha value is -3.02. The molecule has 2 fully saturated rings. The molecule has 212 valence electrons. The van der Waals surface area contributed by atoms with Crippen LogP contribution in [0.1, 0.15) is 73.1 Å². The molecule has 0 radical (unpaired) electrons. The highest BCUT2D eigenvalue weighted by Crippen LogP contribution is 2.39. The van der Waals surface area contributed by atoms with Crippen molar-refractivity contribution in [1.29, 1.82) is 0 Å². The summed E-state index contributed by atoms with van der Waals surface area (Å²) in [6, 6.07) is 7.81. The third-order valence-corrected chi connectivity index (χ3v) is 7.69. The number of aliphatic hydroxyl groups is 2. The average molecular weight is 549 g/mol. The number of likely N-dealkylation sites (tertiary alicyclic amines) is 1. The van der Waals surface area contributed by atoms with E-state index in [1.54, 1.807) is 32.2 Å². The molecule has 4 N–H and O–H groups in total. The van der Waals surface area contributed by atoms with Crippen LogP contribution in [0.3, 0.4) is 0 Å². The maximum Gasteiger partial charge on any atom is 0.416 e. The van der Waals surface area contributed by atoms with Crippen LogP contribution in [0.25, 0.3) is 0 Å². The lowest BCUT2D eigenvalue weighted by Gasteiger charge is -2.39. The lowest BCUT2D eigenvalue weighted by Crippen LogP contribution is -2.45. The third-order valence-electron chi connectivity index (χ3n) is 7.69. The molecule has 8 nitrogen and oxygen atoms in total. The molecule has 1 aliphatic heterocycles. The van der Waals surface area contributed by atoms with E-state index in [0.717, 1.165) is 44.0 Å². The van der Waals surface area contributed by atoms with E-state index >= 15 is 0 Å². The molecule has 2 amide bonds. The first-order valence-electron chi connectivity index (χ1n) is 13.2. The van der Waals surface area contributed by atoms with Crippen molar-refractivity contribution < 1.29 is 33.0 Å². The Morgan fingerprint density at radius 2 is 1.82 bits per heavy atom. The summed E-state index contributed by atoms with van der Waals surface area (Å²) in [7, 11) is 0. The van der Waals surface area contributed by atoms with Crippen molar-refractivity contribution in [2.45, 2.75) is 75.4 Å². The number of carbonyl (C=O) groups is 2. The first-order valence-corrected chi connectivity index (χ1v) is 13.2. The SMILES string of the molecule is CC(C)(O)c1ccc(C2(O)CCC(N3CC[C@@H](NC(=O)CNC(=O)c4cccc(C(F)(F)F)c4)C3)CC2)nc1. The molecule has 39 heavy (non-hydrogen) atoms. The Bertz CT molecular complexity index is 1170. The lowest BCUT2D eigenvalue weighted by molar-refractivity contribution is -0.137. The number of aromatic nitrogens is 1. The van der Waals surface area contributed by atoms with Gasteiger partial charge in [-0.2, -0.15) is 13.2 Å². The monoisotopic (exact) mass is 548 g/mol. The Morgan fingerprint density at radius 3 is 2.44 bits per heavy atom. The quantitative estimate of drug-likeness (QED) is 0.423. The summed E-state index contributed by atoms with van der Waals surface area (Å²) in [5, 5.41) is 26.6. The molecule has 1 atom stereocenters. The van der Waals surface area contributed by atoms with Gasteiger partial charge in [-0.15, -0.1) is 0 Å². The molecule has 1 saturated heterocycles. The van der Waals surface area contributed by atoms with Gasteiger partial charge in [0.15, 0.2) is 0 Å². The summed E-state index contributed by atoms with van der Waals surface area (Å²) in [5.74, 6) is -1.15.